The topological polar surface area (TPSA) is 25.4 Å². The second-order valence-electron chi connectivity index (χ2n) is 5.95. The number of hydrogen-bond acceptors (Lipinski definition) is 3. The molecule has 1 aromatic heterocycles. The molecule has 2 heterocycles. The van der Waals surface area contributed by atoms with Gasteiger partial charge in [0.2, 0.25) is 0 Å². The van der Waals surface area contributed by atoms with Gasteiger partial charge in [-0.25, -0.2) is 4.98 Å². The molecular weight excluding hydrogens is 347 g/mol. The Morgan fingerprint density at radius 3 is 2.56 bits per heavy atom. The van der Waals surface area contributed by atoms with E-state index in [4.69, 9.17) is 4.74 Å². The van der Waals surface area contributed by atoms with Crippen LogP contribution in [-0.4, -0.2) is 11.6 Å². The van der Waals surface area contributed by atoms with Crippen molar-refractivity contribution in [3.63, 3.8) is 0 Å². The summed E-state index contributed by atoms with van der Waals surface area (Å²) in [6, 6.07) is 13.5. The Labute approximate surface area is 146 Å². The van der Waals surface area contributed by atoms with Crippen LogP contribution in [0.5, 0.6) is 0 Å². The molecule has 2 nitrogen and oxygen atoms in total. The zero-order chi connectivity index (χ0) is 17.4. The van der Waals surface area contributed by atoms with Crippen LogP contribution in [0.15, 0.2) is 53.9 Å². The van der Waals surface area contributed by atoms with Crippen LogP contribution in [0.4, 0.5) is 13.2 Å². The van der Waals surface area contributed by atoms with E-state index in [2.05, 4.69) is 4.98 Å². The van der Waals surface area contributed by atoms with Crippen molar-refractivity contribution in [2.45, 2.75) is 18.7 Å². The summed E-state index contributed by atoms with van der Waals surface area (Å²) in [6.45, 7) is 0.784. The molecule has 2 aromatic carbocycles. The van der Waals surface area contributed by atoms with Crippen LogP contribution >= 0.6 is 11.3 Å². The van der Waals surface area contributed by atoms with Crippen LogP contribution in [0.25, 0.3) is 11.3 Å². The zero-order valence-corrected chi connectivity index (χ0v) is 13.9. The fraction of sp³-hybridized carbons (Fsp3) is 0.211. The lowest BCUT2D eigenvalue weighted by Gasteiger charge is -2.07. The summed E-state index contributed by atoms with van der Waals surface area (Å²) in [4.78, 5) is 4.50. The Morgan fingerprint density at radius 1 is 1.12 bits per heavy atom. The van der Waals surface area contributed by atoms with Gasteiger partial charge in [0.25, 0.3) is 0 Å². The highest BCUT2D eigenvalue weighted by molar-refractivity contribution is 7.10. The van der Waals surface area contributed by atoms with Crippen LogP contribution in [0.2, 0.25) is 0 Å². The third-order valence-electron chi connectivity index (χ3n) is 4.08. The third kappa shape index (κ3) is 3.75. The molecule has 1 aliphatic rings. The number of thiazole rings is 1. The minimum atomic E-state index is -4.35. The Morgan fingerprint density at radius 2 is 1.88 bits per heavy atom. The van der Waals surface area contributed by atoms with Crippen molar-refractivity contribution in [2.24, 2.45) is 0 Å². The van der Waals surface area contributed by atoms with E-state index in [0.717, 1.165) is 29.3 Å². The summed E-state index contributed by atoms with van der Waals surface area (Å²) < 4.78 is 43.8. The Balaban J connectivity index is 1.52. The van der Waals surface area contributed by atoms with E-state index in [-0.39, 0.29) is 6.10 Å². The number of epoxide rings is 1. The first-order valence-electron chi connectivity index (χ1n) is 7.81. The molecule has 0 spiro atoms. The van der Waals surface area contributed by atoms with Crippen LogP contribution < -0.4 is 0 Å². The Bertz CT molecular complexity index is 882. The molecule has 0 aliphatic carbocycles. The monoisotopic (exact) mass is 361 g/mol. The van der Waals surface area contributed by atoms with Crippen molar-refractivity contribution in [1.82, 2.24) is 4.98 Å². The normalized spacial score (nSPS) is 16.8. The molecule has 6 heteroatoms. The van der Waals surface area contributed by atoms with Crippen molar-refractivity contribution in [1.29, 1.82) is 0 Å². The van der Waals surface area contributed by atoms with Crippen LogP contribution in [0.3, 0.4) is 0 Å². The number of rotatable bonds is 4. The summed E-state index contributed by atoms with van der Waals surface area (Å²) in [5, 5.41) is 2.68. The molecule has 128 valence electrons. The number of alkyl halides is 3. The number of benzene rings is 2. The molecule has 0 radical (unpaired) electrons. The van der Waals surface area contributed by atoms with E-state index >= 15 is 0 Å². The van der Waals surface area contributed by atoms with Crippen molar-refractivity contribution in [2.75, 3.05) is 6.61 Å². The van der Waals surface area contributed by atoms with Gasteiger partial charge < -0.3 is 4.74 Å². The van der Waals surface area contributed by atoms with Gasteiger partial charge in [-0.1, -0.05) is 36.4 Å². The molecule has 0 bridgehead atoms. The summed E-state index contributed by atoms with van der Waals surface area (Å²) in [7, 11) is 0. The van der Waals surface area contributed by atoms with Gasteiger partial charge in [-0.05, 0) is 23.3 Å². The second-order valence-corrected chi connectivity index (χ2v) is 6.89. The van der Waals surface area contributed by atoms with Gasteiger partial charge in [-0.15, -0.1) is 11.3 Å². The van der Waals surface area contributed by atoms with Crippen LogP contribution in [-0.2, 0) is 17.3 Å². The predicted molar refractivity (Wildman–Crippen MR) is 90.5 cm³/mol. The number of hydrogen-bond donors (Lipinski definition) is 0. The van der Waals surface area contributed by atoms with Gasteiger partial charge >= 0.3 is 6.18 Å². The van der Waals surface area contributed by atoms with E-state index in [9.17, 15) is 13.2 Å². The Hall–Kier alpha value is -2.18. The van der Waals surface area contributed by atoms with E-state index in [0.29, 0.717) is 17.7 Å². The first-order valence-corrected chi connectivity index (χ1v) is 8.69. The molecule has 25 heavy (non-hydrogen) atoms. The van der Waals surface area contributed by atoms with E-state index in [1.807, 2.05) is 24.3 Å². The maximum absolute atomic E-state index is 12.8. The van der Waals surface area contributed by atoms with Gasteiger partial charge in [-0.2, -0.15) is 13.2 Å². The van der Waals surface area contributed by atoms with Crippen molar-refractivity contribution >= 4 is 11.3 Å². The molecule has 0 amide bonds. The lowest BCUT2D eigenvalue weighted by molar-refractivity contribution is -0.137. The van der Waals surface area contributed by atoms with E-state index in [1.165, 1.54) is 23.0 Å². The summed E-state index contributed by atoms with van der Waals surface area (Å²) in [6.07, 6.45) is -3.45. The predicted octanol–water partition coefficient (Wildman–Crippen LogP) is 5.49. The molecule has 4 rings (SSSR count). The minimum absolute atomic E-state index is 0.237. The van der Waals surface area contributed by atoms with Crippen LogP contribution in [0, 0.1) is 0 Å². The first kappa shape index (κ1) is 16.3. The molecular formula is C19H14F3NOS. The molecule has 3 aromatic rings. The molecule has 1 atom stereocenters. The maximum Gasteiger partial charge on any atom is 0.416 e. The fourth-order valence-electron chi connectivity index (χ4n) is 2.64. The smallest absolute Gasteiger partial charge is 0.368 e. The number of aromatic nitrogens is 1. The average Bonchev–Trinajstić information content (AvgIpc) is 3.34. The molecule has 1 fully saturated rings. The third-order valence-corrected chi connectivity index (χ3v) is 4.93. The highest BCUT2D eigenvalue weighted by Gasteiger charge is 2.30. The molecule has 1 saturated heterocycles. The van der Waals surface area contributed by atoms with E-state index < -0.39 is 11.7 Å². The van der Waals surface area contributed by atoms with Gasteiger partial charge in [0.15, 0.2) is 0 Å². The molecule has 1 unspecified atom stereocenters. The largest absolute Gasteiger partial charge is 0.416 e. The van der Waals surface area contributed by atoms with Crippen molar-refractivity contribution in [3.05, 3.63) is 75.6 Å². The maximum atomic E-state index is 12.8. The standard InChI is InChI=1S/C19H14F3NOS/c20-19(21,22)15-3-1-2-14(9-15)16-11-25-18(23-16)8-12-4-6-13(7-5-12)17-10-24-17/h1-7,9,11,17H,8,10H2. The SMILES string of the molecule is FC(F)(F)c1cccc(-c2csc(Cc3ccc(C4CO4)cc3)n2)c1. The highest BCUT2D eigenvalue weighted by Crippen LogP contribution is 2.33. The van der Waals surface area contributed by atoms with Gasteiger partial charge in [0.1, 0.15) is 6.10 Å². The molecule has 1 aliphatic heterocycles. The summed E-state index contributed by atoms with van der Waals surface area (Å²) in [5.74, 6) is 0. The number of nitrogens with zero attached hydrogens (tertiary/aromatic N) is 1. The fourth-order valence-corrected chi connectivity index (χ4v) is 3.48. The lowest BCUT2D eigenvalue weighted by atomic mass is 10.1. The van der Waals surface area contributed by atoms with E-state index in [1.54, 1.807) is 11.4 Å². The lowest BCUT2D eigenvalue weighted by Crippen LogP contribution is -2.04. The minimum Gasteiger partial charge on any atom is -0.368 e. The van der Waals surface area contributed by atoms with Crippen molar-refractivity contribution < 1.29 is 17.9 Å². The highest BCUT2D eigenvalue weighted by atomic mass is 32.1. The van der Waals surface area contributed by atoms with Crippen molar-refractivity contribution in [3.8, 4) is 11.3 Å². The van der Waals surface area contributed by atoms with Crippen LogP contribution in [0.1, 0.15) is 27.8 Å². The Kier molecular flexibility index (Phi) is 4.09. The second kappa shape index (κ2) is 6.28. The molecule has 0 N–H and O–H groups in total. The number of ether oxygens (including phenoxy) is 1. The summed E-state index contributed by atoms with van der Waals surface area (Å²) in [5.41, 5.74) is 2.70. The number of halogens is 3. The first-order chi connectivity index (χ1) is 12.0. The van der Waals surface area contributed by atoms with Gasteiger partial charge in [-0.3, -0.25) is 0 Å². The quantitative estimate of drug-likeness (QED) is 0.574. The van der Waals surface area contributed by atoms with Gasteiger partial charge in [0, 0.05) is 17.4 Å². The summed E-state index contributed by atoms with van der Waals surface area (Å²) >= 11 is 1.46. The van der Waals surface area contributed by atoms with Gasteiger partial charge in [0.05, 0.1) is 22.9 Å². The average molecular weight is 361 g/mol. The molecule has 0 saturated carbocycles. The zero-order valence-electron chi connectivity index (χ0n) is 13.1.